The van der Waals surface area contributed by atoms with Gasteiger partial charge >= 0.3 is 5.97 Å². The molecule has 0 aliphatic heterocycles. The van der Waals surface area contributed by atoms with Crippen molar-refractivity contribution in [1.29, 1.82) is 0 Å². The van der Waals surface area contributed by atoms with E-state index in [0.29, 0.717) is 15.6 Å². The van der Waals surface area contributed by atoms with Gasteiger partial charge in [0.2, 0.25) is 0 Å². The number of halogens is 4. The van der Waals surface area contributed by atoms with E-state index in [1.165, 1.54) is 7.11 Å². The zero-order valence-corrected chi connectivity index (χ0v) is 12.0. The van der Waals surface area contributed by atoms with Gasteiger partial charge in [-0.1, -0.05) is 34.8 Å². The molecule has 1 aromatic rings. The second-order valence-electron chi connectivity index (χ2n) is 3.14. The summed E-state index contributed by atoms with van der Waals surface area (Å²) in [6, 6.07) is 2.52. The number of methoxy groups -OCH3 is 1. The molecule has 0 radical (unpaired) electrons. The molecular formula is C10H11Cl4NO2. The van der Waals surface area contributed by atoms with Crippen LogP contribution in [0.25, 0.3) is 0 Å². The quantitative estimate of drug-likeness (QED) is 0.684. The third-order valence-electron chi connectivity index (χ3n) is 2.06. The summed E-state index contributed by atoms with van der Waals surface area (Å²) < 4.78 is 4.51. The lowest BCUT2D eigenvalue weighted by molar-refractivity contribution is -0.141. The lowest BCUT2D eigenvalue weighted by Crippen LogP contribution is -2.17. The smallest absolute Gasteiger partial charge is 0.307 e. The highest BCUT2D eigenvalue weighted by Crippen LogP contribution is 2.35. The van der Waals surface area contributed by atoms with E-state index in [0.717, 1.165) is 0 Å². The van der Waals surface area contributed by atoms with Crippen LogP contribution < -0.4 is 5.73 Å². The fraction of sp³-hybridized carbons (Fsp3) is 0.300. The van der Waals surface area contributed by atoms with E-state index in [4.69, 9.17) is 40.5 Å². The van der Waals surface area contributed by atoms with Gasteiger partial charge in [-0.2, -0.15) is 0 Å². The van der Waals surface area contributed by atoms with Gasteiger partial charge in [0.15, 0.2) is 0 Å². The van der Waals surface area contributed by atoms with Crippen molar-refractivity contribution in [2.75, 3.05) is 7.11 Å². The summed E-state index contributed by atoms with van der Waals surface area (Å²) >= 11 is 17.8. The molecule has 0 saturated carbocycles. The van der Waals surface area contributed by atoms with Gasteiger partial charge in [-0.25, -0.2) is 0 Å². The van der Waals surface area contributed by atoms with E-state index in [1.54, 1.807) is 12.1 Å². The van der Waals surface area contributed by atoms with Crippen molar-refractivity contribution in [3.63, 3.8) is 0 Å². The van der Waals surface area contributed by atoms with Crippen LogP contribution >= 0.6 is 47.2 Å². The molecule has 0 unspecified atom stereocenters. The highest BCUT2D eigenvalue weighted by atomic mass is 35.5. The van der Waals surface area contributed by atoms with Crippen LogP contribution in [0.2, 0.25) is 15.1 Å². The molecular weight excluding hydrogens is 308 g/mol. The topological polar surface area (TPSA) is 52.3 Å². The summed E-state index contributed by atoms with van der Waals surface area (Å²) in [5.41, 5.74) is 6.27. The minimum Gasteiger partial charge on any atom is -0.469 e. The van der Waals surface area contributed by atoms with Gasteiger partial charge in [0.25, 0.3) is 0 Å². The van der Waals surface area contributed by atoms with Crippen molar-refractivity contribution in [2.45, 2.75) is 12.5 Å². The van der Waals surface area contributed by atoms with Crippen LogP contribution in [0.3, 0.4) is 0 Å². The van der Waals surface area contributed by atoms with Crippen molar-refractivity contribution in [1.82, 2.24) is 0 Å². The Morgan fingerprint density at radius 2 is 1.88 bits per heavy atom. The summed E-state index contributed by atoms with van der Waals surface area (Å²) in [6.45, 7) is 0. The van der Waals surface area contributed by atoms with Crippen molar-refractivity contribution < 1.29 is 9.53 Å². The predicted molar refractivity (Wildman–Crippen MR) is 72.3 cm³/mol. The maximum atomic E-state index is 11.1. The van der Waals surface area contributed by atoms with Crippen LogP contribution in [0.1, 0.15) is 18.0 Å². The Morgan fingerprint density at radius 1 is 1.35 bits per heavy atom. The summed E-state index contributed by atoms with van der Waals surface area (Å²) in [7, 11) is 1.29. The number of carbonyl (C=O) groups excluding carboxylic acids is 1. The zero-order chi connectivity index (χ0) is 12.3. The Morgan fingerprint density at radius 3 is 2.41 bits per heavy atom. The Labute approximate surface area is 121 Å². The molecule has 1 aromatic carbocycles. The van der Waals surface area contributed by atoms with Crippen molar-refractivity contribution in [2.24, 2.45) is 5.73 Å². The number of rotatable bonds is 3. The fourth-order valence-electron chi connectivity index (χ4n) is 1.25. The lowest BCUT2D eigenvalue weighted by atomic mass is 10.0. The number of carbonyl (C=O) groups is 1. The SMILES string of the molecule is COC(=O)C[C@@H](N)c1c(Cl)ccc(Cl)c1Cl.Cl. The minimum absolute atomic E-state index is 0. The Bertz CT molecular complexity index is 412. The fourth-order valence-corrected chi connectivity index (χ4v) is 2.06. The van der Waals surface area contributed by atoms with E-state index < -0.39 is 12.0 Å². The molecule has 0 aliphatic rings. The molecule has 17 heavy (non-hydrogen) atoms. The first-order valence-electron chi connectivity index (χ1n) is 4.43. The normalized spacial score (nSPS) is 11.6. The number of nitrogens with two attached hydrogens (primary N) is 1. The number of benzene rings is 1. The van der Waals surface area contributed by atoms with Gasteiger partial charge in [-0.3, -0.25) is 4.79 Å². The lowest BCUT2D eigenvalue weighted by Gasteiger charge is -2.15. The zero-order valence-electron chi connectivity index (χ0n) is 8.88. The maximum Gasteiger partial charge on any atom is 0.307 e. The molecule has 2 N–H and O–H groups in total. The van der Waals surface area contributed by atoms with Crippen LogP contribution in [0.5, 0.6) is 0 Å². The first-order chi connectivity index (χ1) is 7.47. The third-order valence-corrected chi connectivity index (χ3v) is 3.21. The average molecular weight is 319 g/mol. The largest absolute Gasteiger partial charge is 0.469 e. The van der Waals surface area contributed by atoms with Crippen molar-refractivity contribution in [3.05, 3.63) is 32.8 Å². The van der Waals surface area contributed by atoms with Gasteiger partial charge in [-0.05, 0) is 12.1 Å². The highest BCUT2D eigenvalue weighted by molar-refractivity contribution is 6.44. The molecule has 0 fully saturated rings. The summed E-state index contributed by atoms with van der Waals surface area (Å²) in [5.74, 6) is -0.431. The molecule has 0 aromatic heterocycles. The molecule has 3 nitrogen and oxygen atoms in total. The van der Waals surface area contributed by atoms with E-state index in [1.807, 2.05) is 0 Å². The standard InChI is InChI=1S/C10H10Cl3NO2.ClH/c1-16-8(15)4-7(14)9-5(11)2-3-6(12)10(9)13;/h2-3,7H,4,14H2,1H3;1H/t7-;/m1./s1. The van der Waals surface area contributed by atoms with E-state index in [2.05, 4.69) is 4.74 Å². The molecule has 0 bridgehead atoms. The van der Waals surface area contributed by atoms with Crippen LogP contribution in [0, 0.1) is 0 Å². The predicted octanol–water partition coefficient (Wildman–Crippen LogP) is 3.63. The van der Waals surface area contributed by atoms with Crippen LogP contribution in [0.15, 0.2) is 12.1 Å². The van der Waals surface area contributed by atoms with Gasteiger partial charge in [0, 0.05) is 16.6 Å². The Hall–Kier alpha value is -0.190. The molecule has 7 heteroatoms. The second-order valence-corrected chi connectivity index (χ2v) is 4.34. The van der Waals surface area contributed by atoms with Gasteiger partial charge in [0.1, 0.15) is 0 Å². The monoisotopic (exact) mass is 317 g/mol. The van der Waals surface area contributed by atoms with Gasteiger partial charge in [-0.15, -0.1) is 12.4 Å². The van der Waals surface area contributed by atoms with E-state index in [-0.39, 0.29) is 23.9 Å². The van der Waals surface area contributed by atoms with Gasteiger partial charge < -0.3 is 10.5 Å². The third kappa shape index (κ3) is 4.19. The number of ether oxygens (including phenoxy) is 1. The first kappa shape index (κ1) is 16.8. The molecule has 0 spiro atoms. The molecule has 0 saturated heterocycles. The molecule has 1 atom stereocenters. The molecule has 96 valence electrons. The highest BCUT2D eigenvalue weighted by Gasteiger charge is 2.19. The summed E-state index contributed by atoms with van der Waals surface area (Å²) in [4.78, 5) is 11.1. The first-order valence-corrected chi connectivity index (χ1v) is 5.56. The second kappa shape index (κ2) is 7.29. The number of hydrogen-bond acceptors (Lipinski definition) is 3. The van der Waals surface area contributed by atoms with Crippen molar-refractivity contribution >= 4 is 53.2 Å². The molecule has 0 aliphatic carbocycles. The van der Waals surface area contributed by atoms with Crippen LogP contribution in [-0.2, 0) is 9.53 Å². The van der Waals surface area contributed by atoms with Crippen LogP contribution in [-0.4, -0.2) is 13.1 Å². The van der Waals surface area contributed by atoms with E-state index >= 15 is 0 Å². The maximum absolute atomic E-state index is 11.1. The van der Waals surface area contributed by atoms with Crippen molar-refractivity contribution in [3.8, 4) is 0 Å². The van der Waals surface area contributed by atoms with Crippen LogP contribution in [0.4, 0.5) is 0 Å². The Balaban J connectivity index is 0.00000256. The summed E-state index contributed by atoms with van der Waals surface area (Å²) in [5, 5.41) is 0.998. The van der Waals surface area contributed by atoms with Gasteiger partial charge in [0.05, 0.1) is 23.6 Å². The van der Waals surface area contributed by atoms with E-state index in [9.17, 15) is 4.79 Å². The summed E-state index contributed by atoms with van der Waals surface area (Å²) in [6.07, 6.45) is -0.00369. The Kier molecular flexibility index (Phi) is 7.21. The molecule has 0 heterocycles. The molecule has 1 rings (SSSR count). The minimum atomic E-state index is -0.633. The number of hydrogen-bond donors (Lipinski definition) is 1. The molecule has 0 amide bonds. The number of esters is 1. The average Bonchev–Trinajstić information content (AvgIpc) is 2.24.